The largest absolute Gasteiger partial charge is 0.448 e. The van der Waals surface area contributed by atoms with Crippen molar-refractivity contribution in [2.24, 2.45) is 7.05 Å². The van der Waals surface area contributed by atoms with Crippen LogP contribution in [-0.2, 0) is 20.1 Å². The van der Waals surface area contributed by atoms with E-state index in [-0.39, 0.29) is 5.91 Å². The van der Waals surface area contributed by atoms with Crippen LogP contribution in [0.15, 0.2) is 57.6 Å². The van der Waals surface area contributed by atoms with E-state index in [1.807, 2.05) is 61.0 Å². The number of fused-ring (bicyclic) bond motifs is 1. The number of nitrogens with zero attached hydrogens (tertiary/aromatic N) is 3. The molecule has 0 saturated carbocycles. The van der Waals surface area contributed by atoms with Gasteiger partial charge in [0.05, 0.1) is 23.4 Å². The Bertz CT molecular complexity index is 1110. The Morgan fingerprint density at radius 2 is 2.00 bits per heavy atom. The van der Waals surface area contributed by atoms with Gasteiger partial charge in [-0.05, 0) is 34.5 Å². The van der Waals surface area contributed by atoms with Crippen LogP contribution in [0.4, 0.5) is 0 Å². The molecule has 7 heteroatoms. The number of hydrogen-bond donors (Lipinski definition) is 1. The third-order valence-electron chi connectivity index (χ3n) is 4.50. The predicted octanol–water partition coefficient (Wildman–Crippen LogP) is 4.02. The molecule has 138 valence electrons. The lowest BCUT2D eigenvalue weighted by molar-refractivity contribution is 0.0941. The van der Waals surface area contributed by atoms with Crippen LogP contribution in [0, 0.1) is 6.92 Å². The van der Waals surface area contributed by atoms with Gasteiger partial charge in [0.2, 0.25) is 0 Å². The maximum atomic E-state index is 12.9. The molecule has 4 rings (SSSR count). The topological polar surface area (TPSA) is 65.0 Å². The molecular formula is C20H19BrN4O2. The highest BCUT2D eigenvalue weighted by molar-refractivity contribution is 9.10. The number of halogens is 1. The lowest BCUT2D eigenvalue weighted by Gasteiger charge is -2.11. The summed E-state index contributed by atoms with van der Waals surface area (Å²) in [5, 5.41) is 7.30. The highest BCUT2D eigenvalue weighted by Crippen LogP contribution is 2.28. The molecule has 0 bridgehead atoms. The summed E-state index contributed by atoms with van der Waals surface area (Å²) in [6.07, 6.45) is 0. The van der Waals surface area contributed by atoms with Crippen molar-refractivity contribution < 1.29 is 9.21 Å². The third kappa shape index (κ3) is 3.55. The smallest absolute Gasteiger partial charge is 0.268 e. The summed E-state index contributed by atoms with van der Waals surface area (Å²) < 4.78 is 10.1. The Hall–Kier alpha value is -2.80. The summed E-state index contributed by atoms with van der Waals surface area (Å²) in [6.45, 7) is 2.93. The molecule has 0 saturated heterocycles. The Morgan fingerprint density at radius 3 is 2.70 bits per heavy atom. The molecule has 4 aromatic rings. The Kier molecular flexibility index (Phi) is 4.61. The van der Waals surface area contributed by atoms with Gasteiger partial charge in [-0.25, -0.2) is 0 Å². The van der Waals surface area contributed by atoms with E-state index >= 15 is 0 Å². The summed E-state index contributed by atoms with van der Waals surface area (Å²) in [5.74, 6) is -0.146. The highest BCUT2D eigenvalue weighted by atomic mass is 79.9. The van der Waals surface area contributed by atoms with Gasteiger partial charge in [-0.1, -0.05) is 30.3 Å². The van der Waals surface area contributed by atoms with Gasteiger partial charge in [-0.15, -0.1) is 0 Å². The van der Waals surface area contributed by atoms with Gasteiger partial charge in [0, 0.05) is 25.7 Å². The third-order valence-corrected chi connectivity index (χ3v) is 4.90. The normalized spacial score (nSPS) is 11.2. The van der Waals surface area contributed by atoms with Crippen LogP contribution >= 0.6 is 15.9 Å². The first kappa shape index (κ1) is 17.6. The van der Waals surface area contributed by atoms with E-state index in [0.717, 1.165) is 22.5 Å². The minimum Gasteiger partial charge on any atom is -0.448 e. The molecule has 1 aromatic carbocycles. The van der Waals surface area contributed by atoms with Crippen molar-refractivity contribution >= 4 is 32.9 Å². The lowest BCUT2D eigenvalue weighted by Crippen LogP contribution is -2.26. The molecule has 0 radical (unpaired) electrons. The van der Waals surface area contributed by atoms with Crippen LogP contribution in [0.1, 0.15) is 27.4 Å². The Labute approximate surface area is 164 Å². The minimum atomic E-state index is -0.146. The molecule has 1 N–H and O–H groups in total. The van der Waals surface area contributed by atoms with Crippen molar-refractivity contribution in [2.75, 3.05) is 0 Å². The molecule has 0 aliphatic carbocycles. The Balaban J connectivity index is 1.63. The molecule has 0 unspecified atom stereocenters. The van der Waals surface area contributed by atoms with Crippen molar-refractivity contribution in [3.63, 3.8) is 0 Å². The number of carbonyl (C=O) groups excluding carboxylic acids is 1. The number of hydrogen-bond acceptors (Lipinski definition) is 3. The van der Waals surface area contributed by atoms with Crippen molar-refractivity contribution in [2.45, 2.75) is 20.0 Å². The number of nitrogens with one attached hydrogen (secondary N) is 1. The van der Waals surface area contributed by atoms with E-state index in [1.54, 1.807) is 10.7 Å². The van der Waals surface area contributed by atoms with Crippen LogP contribution in [0.5, 0.6) is 0 Å². The van der Waals surface area contributed by atoms with Gasteiger partial charge in [0.15, 0.2) is 10.3 Å². The second-order valence-corrected chi connectivity index (χ2v) is 7.27. The summed E-state index contributed by atoms with van der Waals surface area (Å²) in [7, 11) is 1.87. The van der Waals surface area contributed by atoms with Gasteiger partial charge in [0.1, 0.15) is 5.69 Å². The first-order valence-corrected chi connectivity index (χ1v) is 9.41. The van der Waals surface area contributed by atoms with E-state index in [0.29, 0.717) is 29.0 Å². The number of amides is 1. The first-order chi connectivity index (χ1) is 13.0. The summed E-state index contributed by atoms with van der Waals surface area (Å²) in [6, 6.07) is 15.7. The summed E-state index contributed by atoms with van der Waals surface area (Å²) >= 11 is 3.37. The fraction of sp³-hybridized carbons (Fsp3) is 0.200. The molecule has 6 nitrogen and oxygen atoms in total. The molecular weight excluding hydrogens is 408 g/mol. The molecule has 0 fully saturated rings. The number of benzene rings is 1. The van der Waals surface area contributed by atoms with Crippen LogP contribution in [0.2, 0.25) is 0 Å². The molecule has 27 heavy (non-hydrogen) atoms. The van der Waals surface area contributed by atoms with Gasteiger partial charge >= 0.3 is 0 Å². The standard InChI is InChI=1S/C20H19BrN4O2/c1-13-8-15(24(2)23-13)11-22-20(26)17-9-18-16(10-19(21)27-18)25(17)12-14-6-4-3-5-7-14/h3-10H,11-12H2,1-2H3,(H,22,26). The van der Waals surface area contributed by atoms with E-state index in [1.165, 1.54) is 0 Å². The van der Waals surface area contributed by atoms with Gasteiger partial charge in [-0.3, -0.25) is 9.48 Å². The van der Waals surface area contributed by atoms with Crippen molar-refractivity contribution in [3.8, 4) is 0 Å². The molecule has 0 aliphatic rings. The SMILES string of the molecule is Cc1cc(CNC(=O)c2cc3oc(Br)cc3n2Cc2ccccc2)n(C)n1. The summed E-state index contributed by atoms with van der Waals surface area (Å²) in [4.78, 5) is 12.9. The van der Waals surface area contributed by atoms with Gasteiger partial charge < -0.3 is 14.3 Å². The molecule has 3 aromatic heterocycles. The van der Waals surface area contributed by atoms with Crippen LogP contribution in [0.25, 0.3) is 11.1 Å². The minimum absolute atomic E-state index is 0.146. The average Bonchev–Trinajstić information content (AvgIpc) is 3.27. The maximum Gasteiger partial charge on any atom is 0.268 e. The van der Waals surface area contributed by atoms with Crippen molar-refractivity contribution in [1.82, 2.24) is 19.7 Å². The van der Waals surface area contributed by atoms with Crippen molar-refractivity contribution in [3.05, 3.63) is 75.8 Å². The summed E-state index contributed by atoms with van der Waals surface area (Å²) in [5.41, 5.74) is 5.12. The van der Waals surface area contributed by atoms with Gasteiger partial charge in [0.25, 0.3) is 5.91 Å². The van der Waals surface area contributed by atoms with E-state index in [9.17, 15) is 4.79 Å². The number of furan rings is 1. The van der Waals surface area contributed by atoms with Crippen LogP contribution in [-0.4, -0.2) is 20.3 Å². The number of carbonyl (C=O) groups is 1. The highest BCUT2D eigenvalue weighted by Gasteiger charge is 2.19. The lowest BCUT2D eigenvalue weighted by atomic mass is 10.2. The van der Waals surface area contributed by atoms with Crippen LogP contribution in [0.3, 0.4) is 0 Å². The predicted molar refractivity (Wildman–Crippen MR) is 107 cm³/mol. The molecule has 1 amide bonds. The quantitative estimate of drug-likeness (QED) is 0.524. The fourth-order valence-corrected chi connectivity index (χ4v) is 3.62. The zero-order valence-electron chi connectivity index (χ0n) is 15.1. The second-order valence-electron chi connectivity index (χ2n) is 6.48. The zero-order valence-corrected chi connectivity index (χ0v) is 16.7. The monoisotopic (exact) mass is 426 g/mol. The van der Waals surface area contributed by atoms with E-state index in [4.69, 9.17) is 4.42 Å². The van der Waals surface area contributed by atoms with E-state index < -0.39 is 0 Å². The molecule has 0 aliphatic heterocycles. The fourth-order valence-electron chi connectivity index (χ4n) is 3.23. The number of aryl methyl sites for hydroxylation is 2. The van der Waals surface area contributed by atoms with Crippen LogP contribution < -0.4 is 5.32 Å². The average molecular weight is 427 g/mol. The zero-order chi connectivity index (χ0) is 19.0. The molecule has 3 heterocycles. The first-order valence-electron chi connectivity index (χ1n) is 8.61. The Morgan fingerprint density at radius 1 is 1.22 bits per heavy atom. The van der Waals surface area contributed by atoms with E-state index in [2.05, 4.69) is 26.3 Å². The number of aromatic nitrogens is 3. The molecule has 0 atom stereocenters. The molecule has 0 spiro atoms. The van der Waals surface area contributed by atoms with Crippen molar-refractivity contribution in [1.29, 1.82) is 0 Å². The maximum absolute atomic E-state index is 12.9. The van der Waals surface area contributed by atoms with Gasteiger partial charge in [-0.2, -0.15) is 5.10 Å². The second kappa shape index (κ2) is 7.08. The number of rotatable bonds is 5.